The third kappa shape index (κ3) is 5.32. The molecule has 8 heteroatoms. The summed E-state index contributed by atoms with van der Waals surface area (Å²) in [5.41, 5.74) is 2.22. The highest BCUT2D eigenvalue weighted by Crippen LogP contribution is 2.21. The van der Waals surface area contributed by atoms with Gasteiger partial charge < -0.3 is 15.0 Å². The van der Waals surface area contributed by atoms with Gasteiger partial charge in [0.25, 0.3) is 5.91 Å². The van der Waals surface area contributed by atoms with E-state index in [2.05, 4.69) is 15.6 Å². The summed E-state index contributed by atoms with van der Waals surface area (Å²) in [5, 5.41) is 11.0. The van der Waals surface area contributed by atoms with Crippen LogP contribution in [-0.2, 0) is 24.3 Å². The van der Waals surface area contributed by atoms with E-state index >= 15 is 0 Å². The smallest absolute Gasteiger partial charge is 0.273 e. The number of carbonyl (C=O) groups excluding carboxylic acids is 2. The fourth-order valence-corrected chi connectivity index (χ4v) is 3.99. The lowest BCUT2D eigenvalue weighted by atomic mass is 10.1. The molecule has 4 rings (SSSR count). The van der Waals surface area contributed by atoms with E-state index in [1.54, 1.807) is 18.0 Å². The van der Waals surface area contributed by atoms with E-state index in [1.165, 1.54) is 0 Å². The van der Waals surface area contributed by atoms with Crippen LogP contribution in [0.15, 0.2) is 60.8 Å². The number of amides is 2. The summed E-state index contributed by atoms with van der Waals surface area (Å²) in [6, 6.07) is 17.3. The molecule has 1 saturated heterocycles. The Hall–Kier alpha value is -3.68. The fraction of sp³-hybridized carbons (Fsp3) is 0.333. The molecule has 1 aromatic heterocycles. The molecule has 8 nitrogen and oxygen atoms in total. The standard InChI is InChI=1S/C24H27N5O3/c1-32-21-11-5-9-19(13-21)14-23(30)29-12-6-10-20(29)16-28-17-22(26-27-28)24(31)25-15-18-7-3-2-4-8-18/h2-5,7-9,11,13,17,20H,6,10,12,14-16H2,1H3,(H,25,31)/t20-/m0/s1. The molecule has 1 fully saturated rings. The minimum Gasteiger partial charge on any atom is -0.497 e. The maximum absolute atomic E-state index is 12.9. The number of aromatic nitrogens is 3. The Bertz CT molecular complexity index is 1070. The van der Waals surface area contributed by atoms with E-state index in [9.17, 15) is 9.59 Å². The van der Waals surface area contributed by atoms with Gasteiger partial charge in [-0.1, -0.05) is 47.7 Å². The van der Waals surface area contributed by atoms with Crippen LogP contribution in [0.2, 0.25) is 0 Å². The van der Waals surface area contributed by atoms with Gasteiger partial charge in [0.15, 0.2) is 5.69 Å². The van der Waals surface area contributed by atoms with Crippen molar-refractivity contribution in [2.24, 2.45) is 0 Å². The highest BCUT2D eigenvalue weighted by atomic mass is 16.5. The van der Waals surface area contributed by atoms with Crippen molar-refractivity contribution in [3.8, 4) is 5.75 Å². The first-order valence-corrected chi connectivity index (χ1v) is 10.8. The highest BCUT2D eigenvalue weighted by molar-refractivity contribution is 5.91. The second kappa shape index (κ2) is 10.1. The minimum atomic E-state index is -0.266. The maximum Gasteiger partial charge on any atom is 0.273 e. The maximum atomic E-state index is 12.9. The van der Waals surface area contributed by atoms with Crippen LogP contribution in [0.25, 0.3) is 0 Å². The number of likely N-dealkylation sites (tertiary alicyclic amines) is 1. The molecule has 1 atom stereocenters. The summed E-state index contributed by atoms with van der Waals surface area (Å²) < 4.78 is 6.90. The first kappa shape index (κ1) is 21.5. The van der Waals surface area contributed by atoms with Crippen LogP contribution in [-0.4, -0.2) is 51.4 Å². The zero-order chi connectivity index (χ0) is 22.3. The van der Waals surface area contributed by atoms with Crippen molar-refractivity contribution in [3.05, 3.63) is 77.6 Å². The number of ether oxygens (including phenoxy) is 1. The van der Waals surface area contributed by atoms with Gasteiger partial charge in [-0.2, -0.15) is 0 Å². The molecule has 0 unspecified atom stereocenters. The van der Waals surface area contributed by atoms with Gasteiger partial charge in [0.1, 0.15) is 5.75 Å². The van der Waals surface area contributed by atoms with E-state index in [1.807, 2.05) is 59.5 Å². The van der Waals surface area contributed by atoms with Crippen molar-refractivity contribution in [2.75, 3.05) is 13.7 Å². The summed E-state index contributed by atoms with van der Waals surface area (Å²) in [6.07, 6.45) is 3.83. The van der Waals surface area contributed by atoms with Crippen LogP contribution in [0.4, 0.5) is 0 Å². The zero-order valence-electron chi connectivity index (χ0n) is 18.1. The summed E-state index contributed by atoms with van der Waals surface area (Å²) >= 11 is 0. The van der Waals surface area contributed by atoms with Gasteiger partial charge in [0.05, 0.1) is 32.3 Å². The van der Waals surface area contributed by atoms with E-state index in [-0.39, 0.29) is 23.6 Å². The number of methoxy groups -OCH3 is 1. The summed E-state index contributed by atoms with van der Waals surface area (Å²) in [4.78, 5) is 27.2. The fourth-order valence-electron chi connectivity index (χ4n) is 3.99. The molecule has 0 radical (unpaired) electrons. The van der Waals surface area contributed by atoms with Gasteiger partial charge >= 0.3 is 0 Å². The van der Waals surface area contributed by atoms with Crippen molar-refractivity contribution < 1.29 is 14.3 Å². The number of rotatable bonds is 8. The van der Waals surface area contributed by atoms with Gasteiger partial charge in [-0.05, 0) is 36.1 Å². The van der Waals surface area contributed by atoms with Crippen LogP contribution in [0.1, 0.15) is 34.5 Å². The average molecular weight is 434 g/mol. The lowest BCUT2D eigenvalue weighted by Gasteiger charge is -2.24. The molecule has 1 N–H and O–H groups in total. The van der Waals surface area contributed by atoms with Crippen molar-refractivity contribution in [1.82, 2.24) is 25.2 Å². The Morgan fingerprint density at radius 3 is 2.75 bits per heavy atom. The first-order chi connectivity index (χ1) is 15.6. The molecule has 0 spiro atoms. The Balaban J connectivity index is 1.33. The number of nitrogens with zero attached hydrogens (tertiary/aromatic N) is 4. The topological polar surface area (TPSA) is 89.4 Å². The van der Waals surface area contributed by atoms with Gasteiger partial charge in [0, 0.05) is 13.1 Å². The second-order valence-electron chi connectivity index (χ2n) is 7.91. The molecule has 2 amide bonds. The number of benzene rings is 2. The van der Waals surface area contributed by atoms with Crippen LogP contribution in [0, 0.1) is 0 Å². The molecule has 0 aliphatic carbocycles. The van der Waals surface area contributed by atoms with Crippen LogP contribution in [0.5, 0.6) is 5.75 Å². The van der Waals surface area contributed by atoms with Gasteiger partial charge in [-0.3, -0.25) is 9.59 Å². The lowest BCUT2D eigenvalue weighted by molar-refractivity contribution is -0.131. The SMILES string of the molecule is COc1cccc(CC(=O)N2CCC[C@H]2Cn2cc(C(=O)NCc3ccccc3)nn2)c1. The first-order valence-electron chi connectivity index (χ1n) is 10.8. The molecule has 166 valence electrons. The highest BCUT2D eigenvalue weighted by Gasteiger charge is 2.29. The van der Waals surface area contributed by atoms with Gasteiger partial charge in [-0.25, -0.2) is 4.68 Å². The number of hydrogen-bond donors (Lipinski definition) is 1. The third-order valence-corrected chi connectivity index (χ3v) is 5.65. The third-order valence-electron chi connectivity index (χ3n) is 5.65. The lowest BCUT2D eigenvalue weighted by Crippen LogP contribution is -2.39. The number of hydrogen-bond acceptors (Lipinski definition) is 5. The Labute approximate surface area is 187 Å². The zero-order valence-corrected chi connectivity index (χ0v) is 18.1. The Morgan fingerprint density at radius 2 is 1.94 bits per heavy atom. The second-order valence-corrected chi connectivity index (χ2v) is 7.91. The van der Waals surface area contributed by atoms with Crippen molar-refractivity contribution in [2.45, 2.75) is 38.4 Å². The minimum absolute atomic E-state index is 0.0371. The van der Waals surface area contributed by atoms with E-state index in [0.29, 0.717) is 19.5 Å². The largest absolute Gasteiger partial charge is 0.497 e. The molecular weight excluding hydrogens is 406 g/mol. The Kier molecular flexibility index (Phi) is 6.79. The van der Waals surface area contributed by atoms with Crippen molar-refractivity contribution in [3.63, 3.8) is 0 Å². The molecule has 1 aliphatic rings. The Morgan fingerprint density at radius 1 is 1.12 bits per heavy atom. The quantitative estimate of drug-likeness (QED) is 0.589. The van der Waals surface area contributed by atoms with Crippen LogP contribution in [0.3, 0.4) is 0 Å². The summed E-state index contributed by atoms with van der Waals surface area (Å²) in [7, 11) is 1.62. The molecule has 0 bridgehead atoms. The average Bonchev–Trinajstić information content (AvgIpc) is 3.48. The van der Waals surface area contributed by atoms with E-state index in [0.717, 1.165) is 36.3 Å². The number of carbonyl (C=O) groups is 2. The van der Waals surface area contributed by atoms with E-state index < -0.39 is 0 Å². The summed E-state index contributed by atoms with van der Waals surface area (Å²) in [5.74, 6) is 0.563. The van der Waals surface area contributed by atoms with Gasteiger partial charge in [0.2, 0.25) is 5.91 Å². The molecule has 2 heterocycles. The normalized spacial score (nSPS) is 15.5. The predicted molar refractivity (Wildman–Crippen MR) is 119 cm³/mol. The predicted octanol–water partition coefficient (Wildman–Crippen LogP) is 2.45. The monoisotopic (exact) mass is 433 g/mol. The van der Waals surface area contributed by atoms with Crippen molar-refractivity contribution >= 4 is 11.8 Å². The van der Waals surface area contributed by atoms with Crippen LogP contribution >= 0.6 is 0 Å². The molecule has 32 heavy (non-hydrogen) atoms. The summed E-state index contributed by atoms with van der Waals surface area (Å²) in [6.45, 7) is 1.68. The molecule has 2 aromatic carbocycles. The van der Waals surface area contributed by atoms with Crippen molar-refractivity contribution in [1.29, 1.82) is 0 Å². The molecular formula is C24H27N5O3. The molecule has 1 aliphatic heterocycles. The van der Waals surface area contributed by atoms with Crippen LogP contribution < -0.4 is 10.1 Å². The number of nitrogens with one attached hydrogen (secondary N) is 1. The molecule has 0 saturated carbocycles. The molecule has 3 aromatic rings. The van der Waals surface area contributed by atoms with Gasteiger partial charge in [-0.15, -0.1) is 5.10 Å². The van der Waals surface area contributed by atoms with E-state index in [4.69, 9.17) is 4.74 Å².